The maximum atomic E-state index is 12.5. The first kappa shape index (κ1) is 16.5. The van der Waals surface area contributed by atoms with Gasteiger partial charge in [-0.3, -0.25) is 4.79 Å². The van der Waals surface area contributed by atoms with E-state index in [2.05, 4.69) is 5.32 Å². The average Bonchev–Trinajstić information content (AvgIpc) is 2.59. The number of nitriles is 1. The third-order valence-electron chi connectivity index (χ3n) is 3.61. The lowest BCUT2D eigenvalue weighted by Gasteiger charge is -2.16. The van der Waals surface area contributed by atoms with Gasteiger partial charge in [-0.1, -0.05) is 36.4 Å². The molecule has 0 radical (unpaired) electrons. The number of nitrogens with one attached hydrogen (secondary N) is 1. The predicted octanol–water partition coefficient (Wildman–Crippen LogP) is 2.81. The van der Waals surface area contributed by atoms with Crippen LogP contribution < -0.4 is 5.32 Å². The van der Waals surface area contributed by atoms with Crippen LogP contribution in [0.1, 0.15) is 29.6 Å². The molecular formula is C18H18N2O3. The van der Waals surface area contributed by atoms with Crippen LogP contribution in [0.25, 0.3) is 10.8 Å². The third kappa shape index (κ3) is 4.07. The number of carbonyl (C=O) groups is 2. The molecule has 0 aromatic heterocycles. The van der Waals surface area contributed by atoms with Crippen molar-refractivity contribution in [2.24, 2.45) is 0 Å². The molecule has 0 saturated carbocycles. The lowest BCUT2D eigenvalue weighted by molar-refractivity contribution is -0.143. The number of benzene rings is 2. The fraction of sp³-hybridized carbons (Fsp3) is 0.278. The first-order valence-corrected chi connectivity index (χ1v) is 7.40. The molecular weight excluding hydrogens is 292 g/mol. The monoisotopic (exact) mass is 310 g/mol. The van der Waals surface area contributed by atoms with Crippen molar-refractivity contribution in [3.63, 3.8) is 0 Å². The molecule has 5 nitrogen and oxygen atoms in total. The van der Waals surface area contributed by atoms with E-state index in [4.69, 9.17) is 10.00 Å². The van der Waals surface area contributed by atoms with Crippen LogP contribution >= 0.6 is 0 Å². The Kier molecular flexibility index (Phi) is 5.70. The van der Waals surface area contributed by atoms with E-state index >= 15 is 0 Å². The van der Waals surface area contributed by atoms with E-state index in [1.54, 1.807) is 12.1 Å². The number of esters is 1. The Bertz CT molecular complexity index is 744. The van der Waals surface area contributed by atoms with Crippen LogP contribution in [0, 0.1) is 11.3 Å². The number of hydrogen-bond acceptors (Lipinski definition) is 4. The summed E-state index contributed by atoms with van der Waals surface area (Å²) in [6, 6.07) is 14.3. The minimum absolute atomic E-state index is 0.325. The zero-order valence-electron chi connectivity index (χ0n) is 12.9. The van der Waals surface area contributed by atoms with Crippen LogP contribution in [-0.2, 0) is 9.53 Å². The van der Waals surface area contributed by atoms with Crippen LogP contribution in [0.3, 0.4) is 0 Å². The quantitative estimate of drug-likeness (QED) is 0.657. The SMILES string of the molecule is COC(=O)[C@H](CCCC#N)NC(=O)c1cccc2ccccc12. The Labute approximate surface area is 134 Å². The maximum absolute atomic E-state index is 12.5. The van der Waals surface area contributed by atoms with Crippen molar-refractivity contribution in [2.45, 2.75) is 25.3 Å². The van der Waals surface area contributed by atoms with Gasteiger partial charge in [0.05, 0.1) is 13.2 Å². The predicted molar refractivity (Wildman–Crippen MR) is 86.7 cm³/mol. The van der Waals surface area contributed by atoms with Crippen LogP contribution in [0.15, 0.2) is 42.5 Å². The topological polar surface area (TPSA) is 79.2 Å². The van der Waals surface area contributed by atoms with Crippen molar-refractivity contribution in [1.29, 1.82) is 5.26 Å². The van der Waals surface area contributed by atoms with Crippen molar-refractivity contribution in [3.8, 4) is 6.07 Å². The van der Waals surface area contributed by atoms with E-state index in [1.165, 1.54) is 7.11 Å². The summed E-state index contributed by atoms with van der Waals surface area (Å²) in [5.41, 5.74) is 0.511. The largest absolute Gasteiger partial charge is 0.467 e. The average molecular weight is 310 g/mol. The highest BCUT2D eigenvalue weighted by Gasteiger charge is 2.22. The third-order valence-corrected chi connectivity index (χ3v) is 3.61. The number of methoxy groups -OCH3 is 1. The number of rotatable bonds is 6. The fourth-order valence-corrected chi connectivity index (χ4v) is 2.44. The maximum Gasteiger partial charge on any atom is 0.328 e. The molecule has 1 N–H and O–H groups in total. The molecule has 0 heterocycles. The van der Waals surface area contributed by atoms with Gasteiger partial charge in [-0.2, -0.15) is 5.26 Å². The molecule has 1 amide bonds. The van der Waals surface area contributed by atoms with Crippen molar-refractivity contribution >= 4 is 22.6 Å². The Balaban J connectivity index is 2.20. The molecule has 0 aliphatic rings. The Morgan fingerprint density at radius 3 is 2.70 bits per heavy atom. The van der Waals surface area contributed by atoms with Crippen molar-refractivity contribution in [1.82, 2.24) is 5.32 Å². The summed E-state index contributed by atoms with van der Waals surface area (Å²) >= 11 is 0. The van der Waals surface area contributed by atoms with Gasteiger partial charge in [0.15, 0.2) is 0 Å². The molecule has 0 fully saturated rings. The van der Waals surface area contributed by atoms with Gasteiger partial charge in [0.25, 0.3) is 5.91 Å². The second-order valence-electron chi connectivity index (χ2n) is 5.13. The lowest BCUT2D eigenvalue weighted by atomic mass is 10.0. The number of fused-ring (bicyclic) bond motifs is 1. The fourth-order valence-electron chi connectivity index (χ4n) is 2.44. The summed E-state index contributed by atoms with van der Waals surface area (Å²) in [4.78, 5) is 24.4. The number of amides is 1. The van der Waals surface area contributed by atoms with Gasteiger partial charge in [0.2, 0.25) is 0 Å². The second-order valence-corrected chi connectivity index (χ2v) is 5.13. The normalized spacial score (nSPS) is 11.5. The molecule has 23 heavy (non-hydrogen) atoms. The number of hydrogen-bond donors (Lipinski definition) is 1. The van der Waals surface area contributed by atoms with E-state index in [-0.39, 0.29) is 5.91 Å². The van der Waals surface area contributed by atoms with Crippen LogP contribution in [0.5, 0.6) is 0 Å². The minimum Gasteiger partial charge on any atom is -0.467 e. The molecule has 2 aromatic carbocycles. The molecule has 0 aliphatic carbocycles. The van der Waals surface area contributed by atoms with Gasteiger partial charge in [0, 0.05) is 12.0 Å². The highest BCUT2D eigenvalue weighted by Crippen LogP contribution is 2.18. The van der Waals surface area contributed by atoms with Gasteiger partial charge in [-0.25, -0.2) is 4.79 Å². The summed E-state index contributed by atoms with van der Waals surface area (Å²) in [6.45, 7) is 0. The molecule has 2 aromatic rings. The standard InChI is InChI=1S/C18H18N2O3/c1-23-18(22)16(11-4-5-12-19)20-17(21)15-10-6-8-13-7-2-3-9-14(13)15/h2-3,6-10,16H,4-5,11H2,1H3,(H,20,21)/t16-/m0/s1. The molecule has 2 rings (SSSR count). The molecule has 118 valence electrons. The summed E-state index contributed by atoms with van der Waals surface area (Å²) in [5, 5.41) is 13.1. The summed E-state index contributed by atoms with van der Waals surface area (Å²) < 4.78 is 4.73. The van der Waals surface area contributed by atoms with Crippen LogP contribution in [0.4, 0.5) is 0 Å². The smallest absolute Gasteiger partial charge is 0.328 e. The highest BCUT2D eigenvalue weighted by molar-refractivity contribution is 6.07. The first-order valence-electron chi connectivity index (χ1n) is 7.40. The van der Waals surface area contributed by atoms with Crippen molar-refractivity contribution < 1.29 is 14.3 Å². The van der Waals surface area contributed by atoms with Gasteiger partial charge < -0.3 is 10.1 Å². The van der Waals surface area contributed by atoms with Crippen LogP contribution in [0.2, 0.25) is 0 Å². The van der Waals surface area contributed by atoms with E-state index in [1.807, 2.05) is 36.4 Å². The van der Waals surface area contributed by atoms with Crippen molar-refractivity contribution in [2.75, 3.05) is 7.11 Å². The van der Waals surface area contributed by atoms with E-state index < -0.39 is 12.0 Å². The summed E-state index contributed by atoms with van der Waals surface area (Å²) in [5.74, 6) is -0.828. The van der Waals surface area contributed by atoms with E-state index in [0.29, 0.717) is 24.8 Å². The molecule has 0 unspecified atom stereocenters. The van der Waals surface area contributed by atoms with Gasteiger partial charge in [0.1, 0.15) is 6.04 Å². The first-order chi connectivity index (χ1) is 11.2. The van der Waals surface area contributed by atoms with Gasteiger partial charge in [-0.05, 0) is 29.7 Å². The zero-order valence-corrected chi connectivity index (χ0v) is 12.9. The van der Waals surface area contributed by atoms with Gasteiger partial charge >= 0.3 is 5.97 Å². The Morgan fingerprint density at radius 2 is 1.96 bits per heavy atom. The number of nitrogens with zero attached hydrogens (tertiary/aromatic N) is 1. The number of unbranched alkanes of at least 4 members (excludes halogenated alkanes) is 1. The van der Waals surface area contributed by atoms with Crippen molar-refractivity contribution in [3.05, 3.63) is 48.0 Å². The molecule has 1 atom stereocenters. The Hall–Kier alpha value is -2.87. The van der Waals surface area contributed by atoms with Gasteiger partial charge in [-0.15, -0.1) is 0 Å². The van der Waals surface area contributed by atoms with E-state index in [0.717, 1.165) is 10.8 Å². The molecule has 0 aliphatic heterocycles. The number of ether oxygens (including phenoxy) is 1. The lowest BCUT2D eigenvalue weighted by Crippen LogP contribution is -2.41. The van der Waals surface area contributed by atoms with Crippen LogP contribution in [-0.4, -0.2) is 25.0 Å². The van der Waals surface area contributed by atoms with E-state index in [9.17, 15) is 9.59 Å². The molecule has 0 bridgehead atoms. The Morgan fingerprint density at radius 1 is 1.22 bits per heavy atom. The highest BCUT2D eigenvalue weighted by atomic mass is 16.5. The molecule has 0 spiro atoms. The molecule has 0 saturated heterocycles. The summed E-state index contributed by atoms with van der Waals surface area (Å²) in [6.07, 6.45) is 1.22. The number of carbonyl (C=O) groups excluding carboxylic acids is 2. The molecule has 5 heteroatoms. The summed E-state index contributed by atoms with van der Waals surface area (Å²) in [7, 11) is 1.28. The zero-order chi connectivity index (χ0) is 16.7. The second kappa shape index (κ2) is 7.95. The minimum atomic E-state index is -0.750.